The fourth-order valence-electron chi connectivity index (χ4n) is 1.60. The van der Waals surface area contributed by atoms with E-state index in [1.807, 2.05) is 0 Å². The molecule has 2 aromatic carbocycles. The molecule has 0 bridgehead atoms. The SMILES string of the molecule is O=S(=O)(O)c1ccc(-c2ccccc2O)c(O)c1. The summed E-state index contributed by atoms with van der Waals surface area (Å²) in [7, 11) is -4.36. The lowest BCUT2D eigenvalue weighted by molar-refractivity contribution is 0.464. The Morgan fingerprint density at radius 1 is 0.833 bits per heavy atom. The van der Waals surface area contributed by atoms with E-state index in [4.69, 9.17) is 4.55 Å². The van der Waals surface area contributed by atoms with E-state index in [1.54, 1.807) is 18.2 Å². The third-order valence-corrected chi connectivity index (χ3v) is 3.31. The number of benzene rings is 2. The Morgan fingerprint density at radius 3 is 2.00 bits per heavy atom. The molecule has 3 N–H and O–H groups in total. The Bertz CT molecular complexity index is 691. The second-order valence-electron chi connectivity index (χ2n) is 3.67. The van der Waals surface area contributed by atoms with Crippen molar-refractivity contribution in [2.24, 2.45) is 0 Å². The van der Waals surface area contributed by atoms with Gasteiger partial charge in [-0.25, -0.2) is 0 Å². The van der Waals surface area contributed by atoms with Gasteiger partial charge in [-0.1, -0.05) is 18.2 Å². The maximum Gasteiger partial charge on any atom is 0.294 e. The number of phenols is 2. The highest BCUT2D eigenvalue weighted by Gasteiger charge is 2.14. The van der Waals surface area contributed by atoms with Gasteiger partial charge in [0.05, 0.1) is 4.90 Å². The number of para-hydroxylation sites is 1. The smallest absolute Gasteiger partial charge is 0.294 e. The summed E-state index contributed by atoms with van der Waals surface area (Å²) in [5, 5.41) is 19.4. The fraction of sp³-hybridized carbons (Fsp3) is 0. The highest BCUT2D eigenvalue weighted by atomic mass is 32.2. The molecule has 0 unspecified atom stereocenters. The first-order valence-electron chi connectivity index (χ1n) is 4.98. The van der Waals surface area contributed by atoms with Crippen molar-refractivity contribution in [3.8, 4) is 22.6 Å². The van der Waals surface area contributed by atoms with Gasteiger partial charge in [0.1, 0.15) is 11.5 Å². The zero-order valence-electron chi connectivity index (χ0n) is 9.11. The van der Waals surface area contributed by atoms with Crippen LogP contribution in [0.25, 0.3) is 11.1 Å². The number of aromatic hydroxyl groups is 2. The highest BCUT2D eigenvalue weighted by Crippen LogP contribution is 2.36. The molecule has 0 saturated heterocycles. The molecule has 0 amide bonds. The monoisotopic (exact) mass is 266 g/mol. The fourth-order valence-corrected chi connectivity index (χ4v) is 2.10. The number of hydrogen-bond donors (Lipinski definition) is 3. The molecule has 2 aromatic rings. The minimum absolute atomic E-state index is 0.0348. The zero-order chi connectivity index (χ0) is 13.3. The van der Waals surface area contributed by atoms with Crippen LogP contribution in [0, 0.1) is 0 Å². The van der Waals surface area contributed by atoms with Crippen LogP contribution in [0.15, 0.2) is 47.4 Å². The molecule has 0 spiro atoms. The Balaban J connectivity index is 2.59. The van der Waals surface area contributed by atoms with Crippen LogP contribution in [0.2, 0.25) is 0 Å². The number of rotatable bonds is 2. The summed E-state index contributed by atoms with van der Waals surface area (Å²) in [4.78, 5) is -0.404. The highest BCUT2D eigenvalue weighted by molar-refractivity contribution is 7.85. The summed E-state index contributed by atoms with van der Waals surface area (Å²) in [6.45, 7) is 0. The molecular formula is C12H10O5S. The quantitative estimate of drug-likeness (QED) is 0.723. The summed E-state index contributed by atoms with van der Waals surface area (Å²) in [6, 6.07) is 9.72. The van der Waals surface area contributed by atoms with Gasteiger partial charge in [0, 0.05) is 17.2 Å². The lowest BCUT2D eigenvalue weighted by Crippen LogP contribution is -1.97. The van der Waals surface area contributed by atoms with E-state index in [9.17, 15) is 18.6 Å². The van der Waals surface area contributed by atoms with Crippen LogP contribution in [-0.4, -0.2) is 23.2 Å². The Morgan fingerprint density at radius 2 is 1.44 bits per heavy atom. The van der Waals surface area contributed by atoms with Crippen molar-refractivity contribution in [2.45, 2.75) is 4.90 Å². The first-order valence-corrected chi connectivity index (χ1v) is 6.42. The second kappa shape index (κ2) is 4.32. The van der Waals surface area contributed by atoms with E-state index >= 15 is 0 Å². The lowest BCUT2D eigenvalue weighted by Gasteiger charge is -2.07. The molecule has 2 rings (SSSR count). The topological polar surface area (TPSA) is 94.8 Å². The molecule has 94 valence electrons. The average molecular weight is 266 g/mol. The Hall–Kier alpha value is -2.05. The first-order chi connectivity index (χ1) is 8.39. The summed E-state index contributed by atoms with van der Waals surface area (Å²) in [5.41, 5.74) is 0.650. The van der Waals surface area contributed by atoms with Gasteiger partial charge in [0.15, 0.2) is 0 Å². The molecule has 0 aliphatic carbocycles. The van der Waals surface area contributed by atoms with Crippen molar-refractivity contribution >= 4 is 10.1 Å². The van der Waals surface area contributed by atoms with Gasteiger partial charge in [0.2, 0.25) is 0 Å². The molecule has 18 heavy (non-hydrogen) atoms. The van der Waals surface area contributed by atoms with Gasteiger partial charge < -0.3 is 10.2 Å². The van der Waals surface area contributed by atoms with E-state index in [-0.39, 0.29) is 17.1 Å². The molecule has 0 radical (unpaired) electrons. The molecule has 0 heterocycles. The molecule has 0 saturated carbocycles. The zero-order valence-corrected chi connectivity index (χ0v) is 9.92. The number of phenolic OH excluding ortho intramolecular Hbond substituents is 2. The van der Waals surface area contributed by atoms with Crippen LogP contribution in [0.1, 0.15) is 0 Å². The molecule has 0 atom stereocenters. The molecule has 0 aromatic heterocycles. The molecule has 5 nitrogen and oxygen atoms in total. The largest absolute Gasteiger partial charge is 0.507 e. The molecule has 0 aliphatic rings. The van der Waals surface area contributed by atoms with E-state index in [0.717, 1.165) is 12.1 Å². The van der Waals surface area contributed by atoms with E-state index < -0.39 is 15.0 Å². The molecule has 0 fully saturated rings. The second-order valence-corrected chi connectivity index (χ2v) is 5.09. The van der Waals surface area contributed by atoms with Crippen LogP contribution in [0.5, 0.6) is 11.5 Å². The average Bonchev–Trinajstić information content (AvgIpc) is 2.29. The van der Waals surface area contributed by atoms with E-state index in [2.05, 4.69) is 0 Å². The lowest BCUT2D eigenvalue weighted by atomic mass is 10.0. The van der Waals surface area contributed by atoms with Crippen LogP contribution < -0.4 is 0 Å². The van der Waals surface area contributed by atoms with E-state index in [0.29, 0.717) is 5.56 Å². The Labute approximate surface area is 104 Å². The third-order valence-electron chi connectivity index (χ3n) is 2.46. The standard InChI is InChI=1S/C12H10O5S/c13-11-4-2-1-3-9(11)10-6-5-8(7-12(10)14)18(15,16)17/h1-7,13-14H,(H,15,16,17). The molecule has 0 aliphatic heterocycles. The van der Waals surface area contributed by atoms with Crippen molar-refractivity contribution < 1.29 is 23.2 Å². The third kappa shape index (κ3) is 2.29. The van der Waals surface area contributed by atoms with Crippen LogP contribution in [0.3, 0.4) is 0 Å². The minimum atomic E-state index is -4.36. The van der Waals surface area contributed by atoms with Gasteiger partial charge in [-0.2, -0.15) is 8.42 Å². The Kier molecular flexibility index (Phi) is 2.98. The van der Waals surface area contributed by atoms with Crippen LogP contribution in [0.4, 0.5) is 0 Å². The summed E-state index contributed by atoms with van der Waals surface area (Å²) < 4.78 is 30.6. The van der Waals surface area contributed by atoms with Crippen LogP contribution in [-0.2, 0) is 10.1 Å². The maximum atomic E-state index is 10.9. The van der Waals surface area contributed by atoms with Crippen molar-refractivity contribution in [1.82, 2.24) is 0 Å². The van der Waals surface area contributed by atoms with Crippen LogP contribution >= 0.6 is 0 Å². The van der Waals surface area contributed by atoms with Gasteiger partial charge in [-0.3, -0.25) is 4.55 Å². The normalized spacial score (nSPS) is 11.4. The van der Waals surface area contributed by atoms with Crippen molar-refractivity contribution in [3.63, 3.8) is 0 Å². The summed E-state index contributed by atoms with van der Waals surface area (Å²) >= 11 is 0. The first kappa shape index (κ1) is 12.4. The minimum Gasteiger partial charge on any atom is -0.507 e. The van der Waals surface area contributed by atoms with Crippen molar-refractivity contribution in [2.75, 3.05) is 0 Å². The predicted molar refractivity (Wildman–Crippen MR) is 65.0 cm³/mol. The van der Waals surface area contributed by atoms with E-state index in [1.165, 1.54) is 12.1 Å². The van der Waals surface area contributed by atoms with Gasteiger partial charge in [-0.05, 0) is 18.2 Å². The van der Waals surface area contributed by atoms with Gasteiger partial charge in [0.25, 0.3) is 10.1 Å². The van der Waals surface area contributed by atoms with Crippen molar-refractivity contribution in [1.29, 1.82) is 0 Å². The predicted octanol–water partition coefficient (Wildman–Crippen LogP) is 2.01. The molecule has 6 heteroatoms. The van der Waals surface area contributed by atoms with Crippen molar-refractivity contribution in [3.05, 3.63) is 42.5 Å². The summed E-state index contributed by atoms with van der Waals surface area (Å²) in [6.07, 6.45) is 0. The molecular weight excluding hydrogens is 256 g/mol. The maximum absolute atomic E-state index is 10.9. The number of hydrogen-bond acceptors (Lipinski definition) is 4. The van der Waals surface area contributed by atoms with Gasteiger partial charge >= 0.3 is 0 Å². The van der Waals surface area contributed by atoms with Gasteiger partial charge in [-0.15, -0.1) is 0 Å². The summed E-state index contributed by atoms with van der Waals surface area (Å²) in [5.74, 6) is -0.376.